The molecule has 2 heterocycles. The highest BCUT2D eigenvalue weighted by molar-refractivity contribution is 5.69. The number of hydrogen-bond donors (Lipinski definition) is 1. The maximum absolute atomic E-state index is 13.3. The van der Waals surface area contributed by atoms with Crippen molar-refractivity contribution in [3.05, 3.63) is 47.5 Å². The average Bonchev–Trinajstić information content (AvgIpc) is 3.08. The number of carboxylic acid groups (broad SMARTS) is 1. The lowest BCUT2D eigenvalue weighted by Crippen LogP contribution is -2.46. The molecule has 1 saturated heterocycles. The van der Waals surface area contributed by atoms with E-state index >= 15 is 0 Å². The maximum Gasteiger partial charge on any atom is 0.317 e. The van der Waals surface area contributed by atoms with E-state index in [1.807, 2.05) is 30.9 Å². The molecule has 1 aromatic heterocycles. The Morgan fingerprint density at radius 1 is 1.30 bits per heavy atom. The molecule has 1 N–H and O–H groups in total. The van der Waals surface area contributed by atoms with Crippen LogP contribution in [0.2, 0.25) is 0 Å². The van der Waals surface area contributed by atoms with Crippen LogP contribution in [-0.2, 0) is 11.3 Å². The van der Waals surface area contributed by atoms with Gasteiger partial charge in [0.2, 0.25) is 0 Å². The van der Waals surface area contributed by atoms with Gasteiger partial charge in [0.15, 0.2) is 0 Å². The van der Waals surface area contributed by atoms with E-state index in [0.717, 1.165) is 61.7 Å². The monoisotopic (exact) mass is 374 g/mol. The summed E-state index contributed by atoms with van der Waals surface area (Å²) in [7, 11) is 0. The third kappa shape index (κ3) is 4.96. The van der Waals surface area contributed by atoms with Crippen molar-refractivity contribution in [3.63, 3.8) is 0 Å². The fraction of sp³-hybridized carbons (Fsp3) is 0.476. The fourth-order valence-corrected chi connectivity index (χ4v) is 3.85. The molecule has 0 spiro atoms. The fourth-order valence-electron chi connectivity index (χ4n) is 3.85. The van der Waals surface area contributed by atoms with Crippen LogP contribution < -0.4 is 0 Å². The number of rotatable bonds is 7. The van der Waals surface area contributed by atoms with E-state index in [9.17, 15) is 9.18 Å². The van der Waals surface area contributed by atoms with Crippen molar-refractivity contribution in [3.8, 4) is 11.3 Å². The van der Waals surface area contributed by atoms with Gasteiger partial charge in [0, 0.05) is 24.7 Å². The molecule has 0 aliphatic carbocycles. The SMILES string of the molecule is CCN(CC(=O)O)C1CCN(Cc2ccc(-c3ccc(F)cc3C)o2)CC1. The Labute approximate surface area is 159 Å². The first-order valence-corrected chi connectivity index (χ1v) is 9.49. The van der Waals surface area contributed by atoms with Crippen LogP contribution in [0.15, 0.2) is 34.7 Å². The van der Waals surface area contributed by atoms with Gasteiger partial charge in [-0.15, -0.1) is 0 Å². The lowest BCUT2D eigenvalue weighted by atomic mass is 10.0. The van der Waals surface area contributed by atoms with Crippen molar-refractivity contribution < 1.29 is 18.7 Å². The Bertz CT molecular complexity index is 781. The first-order valence-electron chi connectivity index (χ1n) is 9.49. The molecule has 1 aromatic carbocycles. The average molecular weight is 374 g/mol. The van der Waals surface area contributed by atoms with Gasteiger partial charge in [-0.1, -0.05) is 6.92 Å². The smallest absolute Gasteiger partial charge is 0.317 e. The molecule has 5 nitrogen and oxygen atoms in total. The van der Waals surface area contributed by atoms with E-state index in [1.54, 1.807) is 6.07 Å². The molecule has 0 unspecified atom stereocenters. The van der Waals surface area contributed by atoms with Crippen molar-refractivity contribution in [2.75, 3.05) is 26.2 Å². The number of piperidine rings is 1. The summed E-state index contributed by atoms with van der Waals surface area (Å²) in [6.45, 7) is 7.34. The summed E-state index contributed by atoms with van der Waals surface area (Å²) in [4.78, 5) is 15.4. The molecular formula is C21H27FN2O3. The molecule has 0 atom stereocenters. The number of aliphatic carboxylic acids is 1. The van der Waals surface area contributed by atoms with Crippen LogP contribution in [0.5, 0.6) is 0 Å². The number of aryl methyl sites for hydroxylation is 1. The van der Waals surface area contributed by atoms with Crippen LogP contribution in [0.3, 0.4) is 0 Å². The van der Waals surface area contributed by atoms with Gasteiger partial charge in [-0.3, -0.25) is 14.6 Å². The zero-order valence-corrected chi connectivity index (χ0v) is 15.9. The van der Waals surface area contributed by atoms with Crippen molar-refractivity contribution in [1.82, 2.24) is 9.80 Å². The van der Waals surface area contributed by atoms with Gasteiger partial charge in [-0.2, -0.15) is 0 Å². The Morgan fingerprint density at radius 2 is 2.04 bits per heavy atom. The van der Waals surface area contributed by atoms with Crippen molar-refractivity contribution >= 4 is 5.97 Å². The van der Waals surface area contributed by atoms with E-state index < -0.39 is 5.97 Å². The van der Waals surface area contributed by atoms with Crippen molar-refractivity contribution in [2.24, 2.45) is 0 Å². The van der Waals surface area contributed by atoms with E-state index in [2.05, 4.69) is 4.90 Å². The zero-order valence-electron chi connectivity index (χ0n) is 15.9. The van der Waals surface area contributed by atoms with Crippen LogP contribution in [0.1, 0.15) is 31.1 Å². The standard InChI is InChI=1S/C21H27FN2O3/c1-3-24(14-21(25)26)17-8-10-23(11-9-17)13-18-5-7-20(27-18)19-6-4-16(22)12-15(19)2/h4-7,12,17H,3,8-11,13-14H2,1-2H3,(H,25,26). The second-order valence-electron chi connectivity index (χ2n) is 7.19. The molecule has 0 radical (unpaired) electrons. The van der Waals surface area contributed by atoms with Crippen LogP contribution >= 0.6 is 0 Å². The van der Waals surface area contributed by atoms with Crippen LogP contribution in [-0.4, -0.2) is 53.1 Å². The number of carboxylic acids is 1. The molecule has 0 amide bonds. The summed E-state index contributed by atoms with van der Waals surface area (Å²) < 4.78 is 19.3. The summed E-state index contributed by atoms with van der Waals surface area (Å²) in [6, 6.07) is 8.96. The normalized spacial score (nSPS) is 16.1. The Kier molecular flexibility index (Phi) is 6.29. The number of halogens is 1. The maximum atomic E-state index is 13.3. The number of likely N-dealkylation sites (N-methyl/N-ethyl adjacent to an activating group) is 1. The largest absolute Gasteiger partial charge is 0.480 e. The predicted molar refractivity (Wildman–Crippen MR) is 102 cm³/mol. The first-order chi connectivity index (χ1) is 13.0. The van der Waals surface area contributed by atoms with Crippen LogP contribution in [0.4, 0.5) is 4.39 Å². The van der Waals surface area contributed by atoms with Gasteiger partial charge in [-0.05, 0) is 62.2 Å². The molecule has 27 heavy (non-hydrogen) atoms. The topological polar surface area (TPSA) is 56.9 Å². The minimum atomic E-state index is -0.765. The molecule has 0 saturated carbocycles. The second kappa shape index (κ2) is 8.67. The number of nitrogens with zero attached hydrogens (tertiary/aromatic N) is 2. The van der Waals surface area contributed by atoms with Gasteiger partial charge in [-0.25, -0.2) is 4.39 Å². The van der Waals surface area contributed by atoms with Gasteiger partial charge in [0.1, 0.15) is 17.3 Å². The summed E-state index contributed by atoms with van der Waals surface area (Å²) in [5.41, 5.74) is 1.77. The van der Waals surface area contributed by atoms with Crippen LogP contribution in [0, 0.1) is 12.7 Å². The number of hydrogen-bond acceptors (Lipinski definition) is 4. The predicted octanol–water partition coefficient (Wildman–Crippen LogP) is 3.77. The minimum Gasteiger partial charge on any atom is -0.480 e. The summed E-state index contributed by atoms with van der Waals surface area (Å²) in [5.74, 6) is 0.648. The third-order valence-corrected chi connectivity index (χ3v) is 5.31. The Hall–Kier alpha value is -2.18. The minimum absolute atomic E-state index is 0.111. The highest BCUT2D eigenvalue weighted by atomic mass is 19.1. The Balaban J connectivity index is 1.57. The van der Waals surface area contributed by atoms with Crippen molar-refractivity contribution in [1.29, 1.82) is 0 Å². The molecule has 1 fully saturated rings. The molecule has 6 heteroatoms. The Morgan fingerprint density at radius 3 is 2.67 bits per heavy atom. The van der Waals surface area contributed by atoms with Crippen molar-refractivity contribution in [2.45, 2.75) is 39.3 Å². The number of carbonyl (C=O) groups is 1. The quantitative estimate of drug-likeness (QED) is 0.800. The highest BCUT2D eigenvalue weighted by Gasteiger charge is 2.25. The molecule has 0 bridgehead atoms. The number of benzene rings is 1. The highest BCUT2D eigenvalue weighted by Crippen LogP contribution is 2.27. The van der Waals surface area contributed by atoms with Gasteiger partial charge in [0.25, 0.3) is 0 Å². The zero-order chi connectivity index (χ0) is 19.4. The molecule has 2 aromatic rings. The summed E-state index contributed by atoms with van der Waals surface area (Å²) >= 11 is 0. The molecule has 1 aliphatic heterocycles. The van der Waals surface area contributed by atoms with Gasteiger partial charge < -0.3 is 9.52 Å². The van der Waals surface area contributed by atoms with E-state index in [-0.39, 0.29) is 12.4 Å². The first kappa shape index (κ1) is 19.6. The molecule has 146 valence electrons. The number of furan rings is 1. The summed E-state index contributed by atoms with van der Waals surface area (Å²) in [6.07, 6.45) is 1.93. The van der Waals surface area contributed by atoms with E-state index in [4.69, 9.17) is 9.52 Å². The van der Waals surface area contributed by atoms with Gasteiger partial charge >= 0.3 is 5.97 Å². The van der Waals surface area contributed by atoms with Crippen LogP contribution in [0.25, 0.3) is 11.3 Å². The molecule has 3 rings (SSSR count). The van der Waals surface area contributed by atoms with E-state index in [1.165, 1.54) is 12.1 Å². The second-order valence-corrected chi connectivity index (χ2v) is 7.19. The molecular weight excluding hydrogens is 347 g/mol. The summed E-state index contributed by atoms with van der Waals surface area (Å²) in [5, 5.41) is 9.04. The lowest BCUT2D eigenvalue weighted by molar-refractivity contribution is -0.139. The third-order valence-electron chi connectivity index (χ3n) is 5.31. The van der Waals surface area contributed by atoms with Gasteiger partial charge in [0.05, 0.1) is 13.1 Å². The lowest BCUT2D eigenvalue weighted by Gasteiger charge is -2.37. The number of likely N-dealkylation sites (tertiary alicyclic amines) is 1. The van der Waals surface area contributed by atoms with E-state index in [0.29, 0.717) is 6.04 Å². The molecule has 1 aliphatic rings.